The first kappa shape index (κ1) is 19.1. The molecule has 0 aliphatic heterocycles. The van der Waals surface area contributed by atoms with Gasteiger partial charge in [0.1, 0.15) is 11.3 Å². The molecule has 0 saturated carbocycles. The molecule has 0 saturated heterocycles. The molecule has 8 heteroatoms. The topological polar surface area (TPSA) is 108 Å². The Bertz CT molecular complexity index is 1260. The number of rotatable bonds is 5. The molecule has 0 bridgehead atoms. The summed E-state index contributed by atoms with van der Waals surface area (Å²) in [4.78, 5) is 27.4. The summed E-state index contributed by atoms with van der Waals surface area (Å²) in [7, 11) is 1.59. The third-order valence-electron chi connectivity index (χ3n) is 4.64. The first-order chi connectivity index (χ1) is 14.4. The lowest BCUT2D eigenvalue weighted by Gasteiger charge is -2.07. The van der Waals surface area contributed by atoms with Crippen LogP contribution in [0.4, 0.5) is 11.4 Å². The minimum atomic E-state index is -0.474. The monoisotopic (exact) mass is 403 g/mol. The highest BCUT2D eigenvalue weighted by Gasteiger charge is 2.14. The zero-order valence-electron chi connectivity index (χ0n) is 16.2. The Kier molecular flexibility index (Phi) is 4.89. The van der Waals surface area contributed by atoms with Gasteiger partial charge >= 0.3 is 0 Å². The number of fused-ring (bicyclic) bond motifs is 1. The van der Waals surface area contributed by atoms with E-state index in [1.807, 2.05) is 0 Å². The standard InChI is InChI=1S/C22H17N3O5/c1-13-11-15(5-9-19(13)25(27)28)21(26)23-16-6-3-14(4-7-16)22-24-18-12-17(29-2)8-10-20(18)30-22/h3-12H,1-2H3,(H,23,26). The number of amides is 1. The van der Waals surface area contributed by atoms with Crippen molar-refractivity contribution < 1.29 is 18.9 Å². The molecule has 4 aromatic rings. The van der Waals surface area contributed by atoms with Crippen molar-refractivity contribution in [1.82, 2.24) is 4.98 Å². The molecule has 0 fully saturated rings. The predicted octanol–water partition coefficient (Wildman–Crippen LogP) is 4.97. The van der Waals surface area contributed by atoms with Crippen molar-refractivity contribution in [2.24, 2.45) is 0 Å². The number of ether oxygens (including phenoxy) is 1. The number of hydrogen-bond acceptors (Lipinski definition) is 6. The summed E-state index contributed by atoms with van der Waals surface area (Å²) >= 11 is 0. The Balaban J connectivity index is 1.52. The van der Waals surface area contributed by atoms with Crippen molar-refractivity contribution in [2.45, 2.75) is 6.92 Å². The highest BCUT2D eigenvalue weighted by molar-refractivity contribution is 6.04. The van der Waals surface area contributed by atoms with E-state index in [1.54, 1.807) is 56.5 Å². The fourth-order valence-electron chi connectivity index (χ4n) is 3.06. The lowest BCUT2D eigenvalue weighted by molar-refractivity contribution is -0.385. The molecule has 0 aliphatic carbocycles. The summed E-state index contributed by atoms with van der Waals surface area (Å²) in [6.07, 6.45) is 0. The van der Waals surface area contributed by atoms with E-state index in [4.69, 9.17) is 9.15 Å². The highest BCUT2D eigenvalue weighted by Crippen LogP contribution is 2.28. The Labute approximate surface area is 171 Å². The molecule has 1 heterocycles. The normalized spacial score (nSPS) is 10.7. The number of hydrogen-bond donors (Lipinski definition) is 1. The second kappa shape index (κ2) is 7.67. The first-order valence-electron chi connectivity index (χ1n) is 9.06. The molecule has 0 unspecified atom stereocenters. The summed E-state index contributed by atoms with van der Waals surface area (Å²) in [5.41, 5.74) is 3.43. The van der Waals surface area contributed by atoms with Crippen molar-refractivity contribution >= 4 is 28.4 Å². The first-order valence-corrected chi connectivity index (χ1v) is 9.06. The second-order valence-electron chi connectivity index (χ2n) is 6.64. The van der Waals surface area contributed by atoms with Gasteiger partial charge in [0.25, 0.3) is 11.6 Å². The van der Waals surface area contributed by atoms with Gasteiger partial charge in [0.05, 0.1) is 12.0 Å². The van der Waals surface area contributed by atoms with Crippen LogP contribution in [0.1, 0.15) is 15.9 Å². The number of carbonyl (C=O) groups excluding carboxylic acids is 1. The van der Waals surface area contributed by atoms with Crippen LogP contribution in [-0.2, 0) is 0 Å². The zero-order valence-corrected chi connectivity index (χ0v) is 16.2. The predicted molar refractivity (Wildman–Crippen MR) is 112 cm³/mol. The lowest BCUT2D eigenvalue weighted by Crippen LogP contribution is -2.12. The van der Waals surface area contributed by atoms with Gasteiger partial charge in [0.15, 0.2) is 5.58 Å². The molecule has 4 rings (SSSR count). The third-order valence-corrected chi connectivity index (χ3v) is 4.64. The maximum Gasteiger partial charge on any atom is 0.272 e. The van der Waals surface area contributed by atoms with Crippen molar-refractivity contribution in [2.75, 3.05) is 12.4 Å². The van der Waals surface area contributed by atoms with Crippen LogP contribution >= 0.6 is 0 Å². The van der Waals surface area contributed by atoms with E-state index in [0.717, 1.165) is 5.56 Å². The number of benzene rings is 3. The van der Waals surface area contributed by atoms with Gasteiger partial charge in [-0.2, -0.15) is 0 Å². The molecule has 0 radical (unpaired) electrons. The van der Waals surface area contributed by atoms with Crippen LogP contribution < -0.4 is 10.1 Å². The molecule has 0 spiro atoms. The number of anilines is 1. The number of nitro groups is 1. The smallest absolute Gasteiger partial charge is 0.272 e. The van der Waals surface area contributed by atoms with E-state index in [2.05, 4.69) is 10.3 Å². The Morgan fingerprint density at radius 1 is 1.10 bits per heavy atom. The van der Waals surface area contributed by atoms with Gasteiger partial charge in [-0.05, 0) is 55.5 Å². The molecule has 3 aromatic carbocycles. The lowest BCUT2D eigenvalue weighted by atomic mass is 10.1. The summed E-state index contributed by atoms with van der Waals surface area (Å²) in [6, 6.07) is 16.7. The number of aryl methyl sites for hydroxylation is 1. The number of nitrogens with zero attached hydrogens (tertiary/aromatic N) is 2. The number of oxazole rings is 1. The summed E-state index contributed by atoms with van der Waals surface area (Å²) < 4.78 is 11.0. The molecule has 1 aromatic heterocycles. The van der Waals surface area contributed by atoms with Crippen LogP contribution in [0.25, 0.3) is 22.6 Å². The summed E-state index contributed by atoms with van der Waals surface area (Å²) in [5.74, 6) is 0.804. The van der Waals surface area contributed by atoms with Gasteiger partial charge < -0.3 is 14.5 Å². The average molecular weight is 403 g/mol. The maximum atomic E-state index is 12.5. The number of methoxy groups -OCH3 is 1. The van der Waals surface area contributed by atoms with E-state index in [9.17, 15) is 14.9 Å². The molecule has 1 N–H and O–H groups in total. The Morgan fingerprint density at radius 3 is 2.53 bits per heavy atom. The van der Waals surface area contributed by atoms with Crippen LogP contribution in [0, 0.1) is 17.0 Å². The van der Waals surface area contributed by atoms with E-state index < -0.39 is 4.92 Å². The molecule has 1 amide bonds. The van der Waals surface area contributed by atoms with Gasteiger partial charge in [-0.1, -0.05) is 0 Å². The van der Waals surface area contributed by atoms with Crippen LogP contribution in [0.3, 0.4) is 0 Å². The third kappa shape index (κ3) is 3.70. The number of carbonyl (C=O) groups is 1. The highest BCUT2D eigenvalue weighted by atomic mass is 16.6. The van der Waals surface area contributed by atoms with Gasteiger partial charge in [-0.25, -0.2) is 4.98 Å². The fraction of sp³-hybridized carbons (Fsp3) is 0.0909. The minimum absolute atomic E-state index is 0.0214. The van der Waals surface area contributed by atoms with Crippen LogP contribution in [-0.4, -0.2) is 22.9 Å². The number of nitro benzene ring substituents is 1. The second-order valence-corrected chi connectivity index (χ2v) is 6.64. The molecule has 8 nitrogen and oxygen atoms in total. The minimum Gasteiger partial charge on any atom is -0.497 e. The molecule has 30 heavy (non-hydrogen) atoms. The van der Waals surface area contributed by atoms with E-state index in [0.29, 0.717) is 39.6 Å². The number of aromatic nitrogens is 1. The van der Waals surface area contributed by atoms with Gasteiger partial charge in [-0.15, -0.1) is 0 Å². The fourth-order valence-corrected chi connectivity index (χ4v) is 3.06. The SMILES string of the molecule is COc1ccc2oc(-c3ccc(NC(=O)c4ccc([N+](=O)[O-])c(C)c4)cc3)nc2c1. The largest absolute Gasteiger partial charge is 0.497 e. The maximum absolute atomic E-state index is 12.5. The zero-order chi connectivity index (χ0) is 21.3. The molecule has 0 aliphatic rings. The van der Waals surface area contributed by atoms with Crippen LogP contribution in [0.2, 0.25) is 0 Å². The van der Waals surface area contributed by atoms with Crippen LogP contribution in [0.5, 0.6) is 5.75 Å². The molecule has 150 valence electrons. The molecule has 0 atom stereocenters. The van der Waals surface area contributed by atoms with Gasteiger partial charge in [-0.3, -0.25) is 14.9 Å². The summed E-state index contributed by atoms with van der Waals surface area (Å²) in [6.45, 7) is 1.60. The quantitative estimate of drug-likeness (QED) is 0.372. The Morgan fingerprint density at radius 2 is 1.87 bits per heavy atom. The summed E-state index contributed by atoms with van der Waals surface area (Å²) in [5, 5.41) is 13.7. The van der Waals surface area contributed by atoms with E-state index >= 15 is 0 Å². The van der Waals surface area contributed by atoms with Gasteiger partial charge in [0, 0.05) is 34.5 Å². The van der Waals surface area contributed by atoms with E-state index in [1.165, 1.54) is 18.2 Å². The Hall–Kier alpha value is -4.20. The van der Waals surface area contributed by atoms with Crippen molar-refractivity contribution in [3.63, 3.8) is 0 Å². The van der Waals surface area contributed by atoms with Crippen molar-refractivity contribution in [3.8, 4) is 17.2 Å². The average Bonchev–Trinajstić information content (AvgIpc) is 3.17. The molecular weight excluding hydrogens is 386 g/mol. The van der Waals surface area contributed by atoms with Crippen molar-refractivity contribution in [1.29, 1.82) is 0 Å². The van der Waals surface area contributed by atoms with Crippen molar-refractivity contribution in [3.05, 3.63) is 81.9 Å². The van der Waals surface area contributed by atoms with Crippen LogP contribution in [0.15, 0.2) is 65.1 Å². The van der Waals surface area contributed by atoms with E-state index in [-0.39, 0.29) is 11.6 Å². The van der Waals surface area contributed by atoms with Gasteiger partial charge in [0.2, 0.25) is 5.89 Å². The molecular formula is C22H17N3O5. The number of nitrogens with one attached hydrogen (secondary N) is 1.